The largest absolute Gasteiger partial charge is 0.463 e. The van der Waals surface area contributed by atoms with E-state index in [4.69, 9.17) is 4.42 Å². The fraction of sp³-hybridized carbons (Fsp3) is 0.0833. The van der Waals surface area contributed by atoms with Crippen LogP contribution in [0.25, 0.3) is 0 Å². The van der Waals surface area contributed by atoms with Crippen molar-refractivity contribution in [3.8, 4) is 0 Å². The smallest absolute Gasteiger partial charge is 0.287 e. The first kappa shape index (κ1) is 12.8. The van der Waals surface area contributed by atoms with Crippen LogP contribution in [0.3, 0.4) is 0 Å². The second-order valence-electron chi connectivity index (χ2n) is 3.56. The quantitative estimate of drug-likeness (QED) is 0.457. The summed E-state index contributed by atoms with van der Waals surface area (Å²) in [6.45, 7) is 0. The van der Waals surface area contributed by atoms with Crippen LogP contribution in [0.4, 0.5) is 0 Å². The highest BCUT2D eigenvalue weighted by Gasteiger charge is 2.24. The lowest BCUT2D eigenvalue weighted by atomic mass is 10.2. The van der Waals surface area contributed by atoms with E-state index in [0.29, 0.717) is 5.76 Å². The van der Waals surface area contributed by atoms with Gasteiger partial charge in [0.2, 0.25) is 0 Å². The minimum atomic E-state index is -2.23. The molecule has 6 heteroatoms. The van der Waals surface area contributed by atoms with E-state index in [1.54, 1.807) is 36.4 Å². The van der Waals surface area contributed by atoms with E-state index >= 15 is 0 Å². The van der Waals surface area contributed by atoms with E-state index < -0.39 is 5.91 Å². The van der Waals surface area contributed by atoms with Crippen molar-refractivity contribution in [3.63, 3.8) is 0 Å². The summed E-state index contributed by atoms with van der Waals surface area (Å²) in [5, 5.41) is 23.3. The lowest BCUT2D eigenvalue weighted by molar-refractivity contribution is -0.194. The molecule has 94 valence electrons. The first-order valence-electron chi connectivity index (χ1n) is 5.12. The number of hydrogen-bond donors (Lipinski definition) is 3. The normalized spacial score (nSPS) is 11.9. The summed E-state index contributed by atoms with van der Waals surface area (Å²) in [5.41, 5.74) is 2.52. The zero-order chi connectivity index (χ0) is 13.0. The van der Waals surface area contributed by atoms with Crippen molar-refractivity contribution in [1.82, 2.24) is 5.43 Å². The fourth-order valence-electron chi connectivity index (χ4n) is 1.30. The van der Waals surface area contributed by atoms with Crippen molar-refractivity contribution in [1.29, 1.82) is 0 Å². The van der Waals surface area contributed by atoms with Crippen LogP contribution < -0.4 is 5.43 Å². The van der Waals surface area contributed by atoms with Gasteiger partial charge in [-0.2, -0.15) is 5.10 Å². The summed E-state index contributed by atoms with van der Waals surface area (Å²) >= 11 is 3.27. The molecule has 1 aromatic heterocycles. The third-order valence-electron chi connectivity index (χ3n) is 2.20. The number of furan rings is 1. The zero-order valence-corrected chi connectivity index (χ0v) is 10.8. The Morgan fingerprint density at radius 1 is 1.22 bits per heavy atom. The predicted molar refractivity (Wildman–Crippen MR) is 69.7 cm³/mol. The molecule has 0 unspecified atom stereocenters. The van der Waals surface area contributed by atoms with Gasteiger partial charge in [-0.3, -0.25) is 5.43 Å². The van der Waals surface area contributed by atoms with Crippen LogP contribution in [0.15, 0.2) is 56.7 Å². The third-order valence-corrected chi connectivity index (χ3v) is 2.73. The fourth-order valence-corrected chi connectivity index (χ4v) is 1.56. The molecule has 0 radical (unpaired) electrons. The van der Waals surface area contributed by atoms with Gasteiger partial charge in [-0.15, -0.1) is 0 Å². The summed E-state index contributed by atoms with van der Waals surface area (Å²) in [6, 6.07) is 9.95. The molecule has 0 spiro atoms. The van der Waals surface area contributed by atoms with Gasteiger partial charge in [0.1, 0.15) is 5.76 Å². The van der Waals surface area contributed by atoms with Gasteiger partial charge in [-0.25, -0.2) is 0 Å². The molecule has 0 fully saturated rings. The van der Waals surface area contributed by atoms with Gasteiger partial charge in [0.15, 0.2) is 0 Å². The highest BCUT2D eigenvalue weighted by atomic mass is 79.9. The summed E-state index contributed by atoms with van der Waals surface area (Å²) in [6.07, 6.45) is 2.85. The number of aliphatic hydroxyl groups is 2. The van der Waals surface area contributed by atoms with Gasteiger partial charge in [0, 0.05) is 10.0 Å². The van der Waals surface area contributed by atoms with Gasteiger partial charge in [0.05, 0.1) is 12.5 Å². The van der Waals surface area contributed by atoms with E-state index in [9.17, 15) is 10.2 Å². The van der Waals surface area contributed by atoms with Crippen molar-refractivity contribution >= 4 is 22.1 Å². The second-order valence-corrected chi connectivity index (χ2v) is 4.48. The molecule has 2 aromatic rings. The average Bonchev–Trinajstić information content (AvgIpc) is 2.82. The Bertz CT molecular complexity index is 521. The van der Waals surface area contributed by atoms with E-state index in [2.05, 4.69) is 26.5 Å². The van der Waals surface area contributed by atoms with Gasteiger partial charge >= 0.3 is 0 Å². The molecule has 0 amide bonds. The predicted octanol–water partition coefficient (Wildman–Crippen LogP) is 1.76. The third kappa shape index (κ3) is 3.19. The first-order valence-corrected chi connectivity index (χ1v) is 5.92. The Kier molecular flexibility index (Phi) is 3.81. The molecule has 0 bridgehead atoms. The molecule has 1 heterocycles. The molecule has 0 atom stereocenters. The van der Waals surface area contributed by atoms with Crippen molar-refractivity contribution < 1.29 is 14.6 Å². The highest BCUT2D eigenvalue weighted by molar-refractivity contribution is 9.10. The van der Waals surface area contributed by atoms with Crippen LogP contribution in [0, 0.1) is 0 Å². The standard InChI is InChI=1S/C12H11BrN2O3/c13-10-5-3-9(4-6-10)12(16,17)15-14-8-11-2-1-7-18-11/h1-8,15-17H/b14-8-. The lowest BCUT2D eigenvalue weighted by Crippen LogP contribution is -2.38. The molecule has 3 N–H and O–H groups in total. The second kappa shape index (κ2) is 5.34. The van der Waals surface area contributed by atoms with Crippen molar-refractivity contribution in [2.24, 2.45) is 5.10 Å². The number of halogens is 1. The van der Waals surface area contributed by atoms with Crippen LogP contribution in [0.5, 0.6) is 0 Å². The van der Waals surface area contributed by atoms with Crippen LogP contribution in [-0.4, -0.2) is 16.4 Å². The monoisotopic (exact) mass is 310 g/mol. The molecular weight excluding hydrogens is 300 g/mol. The maximum atomic E-state index is 9.79. The Hall–Kier alpha value is -1.63. The van der Waals surface area contributed by atoms with Crippen LogP contribution in [0.1, 0.15) is 11.3 Å². The van der Waals surface area contributed by atoms with Crippen LogP contribution in [-0.2, 0) is 5.91 Å². The minimum absolute atomic E-state index is 0.280. The number of benzene rings is 1. The Labute approximate surface area is 112 Å². The van der Waals surface area contributed by atoms with Crippen LogP contribution in [0.2, 0.25) is 0 Å². The van der Waals surface area contributed by atoms with Crippen molar-refractivity contribution in [2.75, 3.05) is 0 Å². The molecule has 0 aliphatic carbocycles. The SMILES string of the molecule is OC(O)(N/N=C\c1ccco1)c1ccc(Br)cc1. The highest BCUT2D eigenvalue weighted by Crippen LogP contribution is 2.18. The molecule has 18 heavy (non-hydrogen) atoms. The molecule has 0 aliphatic rings. The number of nitrogens with one attached hydrogen (secondary N) is 1. The Morgan fingerprint density at radius 3 is 2.56 bits per heavy atom. The molecular formula is C12H11BrN2O3. The maximum Gasteiger partial charge on any atom is 0.287 e. The zero-order valence-electron chi connectivity index (χ0n) is 9.25. The van der Waals surface area contributed by atoms with Gasteiger partial charge in [-0.1, -0.05) is 28.1 Å². The summed E-state index contributed by atoms with van der Waals surface area (Å²) < 4.78 is 5.86. The molecule has 1 aromatic carbocycles. The molecule has 2 rings (SSSR count). The van der Waals surface area contributed by atoms with Crippen molar-refractivity contribution in [2.45, 2.75) is 5.91 Å². The average molecular weight is 311 g/mol. The maximum absolute atomic E-state index is 9.79. The Morgan fingerprint density at radius 2 is 1.94 bits per heavy atom. The molecule has 0 aliphatic heterocycles. The number of rotatable bonds is 4. The summed E-state index contributed by atoms with van der Waals surface area (Å²) in [5.74, 6) is -1.72. The Balaban J connectivity index is 2.05. The van der Waals surface area contributed by atoms with Crippen LogP contribution >= 0.6 is 15.9 Å². The first-order chi connectivity index (χ1) is 8.58. The lowest BCUT2D eigenvalue weighted by Gasteiger charge is -2.20. The van der Waals surface area contributed by atoms with Gasteiger partial charge in [-0.05, 0) is 24.3 Å². The molecule has 0 saturated carbocycles. The van der Waals surface area contributed by atoms with Crippen molar-refractivity contribution in [3.05, 3.63) is 58.5 Å². The van der Waals surface area contributed by atoms with E-state index in [0.717, 1.165) is 4.47 Å². The minimum Gasteiger partial charge on any atom is -0.463 e. The van der Waals surface area contributed by atoms with E-state index in [1.165, 1.54) is 12.5 Å². The summed E-state index contributed by atoms with van der Waals surface area (Å²) in [4.78, 5) is 0. The molecule has 5 nitrogen and oxygen atoms in total. The topological polar surface area (TPSA) is 78.0 Å². The number of hydrazone groups is 1. The van der Waals surface area contributed by atoms with Gasteiger partial charge < -0.3 is 14.6 Å². The molecule has 0 saturated heterocycles. The number of hydrogen-bond acceptors (Lipinski definition) is 5. The number of nitrogens with zero attached hydrogens (tertiary/aromatic N) is 1. The summed E-state index contributed by atoms with van der Waals surface area (Å²) in [7, 11) is 0. The van der Waals surface area contributed by atoms with E-state index in [-0.39, 0.29) is 5.56 Å². The van der Waals surface area contributed by atoms with E-state index in [1.807, 2.05) is 0 Å². The van der Waals surface area contributed by atoms with Gasteiger partial charge in [0.25, 0.3) is 5.91 Å².